The molecule has 122 valence electrons. The number of carbonyl (C=O) groups is 1. The molecule has 0 saturated carbocycles. The Morgan fingerprint density at radius 1 is 1.12 bits per heavy atom. The highest BCUT2D eigenvalue weighted by molar-refractivity contribution is 6.04. The number of nitrogen functional groups attached to an aromatic ring is 1. The third-order valence-corrected chi connectivity index (χ3v) is 3.25. The van der Waals surface area contributed by atoms with Crippen molar-refractivity contribution in [2.24, 2.45) is 0 Å². The molecule has 2 heterocycles. The van der Waals surface area contributed by atoms with E-state index in [4.69, 9.17) is 10.5 Å². The van der Waals surface area contributed by atoms with Crippen LogP contribution in [0.4, 0.5) is 11.8 Å². The van der Waals surface area contributed by atoms with Gasteiger partial charge in [-0.05, 0) is 30.7 Å². The van der Waals surface area contributed by atoms with Gasteiger partial charge in [-0.1, -0.05) is 25.1 Å². The maximum Gasteiger partial charge on any atom is 0.256 e. The van der Waals surface area contributed by atoms with E-state index in [0.29, 0.717) is 34.9 Å². The Balaban J connectivity index is 1.92. The van der Waals surface area contributed by atoms with Gasteiger partial charge in [0.1, 0.15) is 5.82 Å². The number of aromatic nitrogens is 3. The average Bonchev–Trinajstić information content (AvgIpc) is 2.60. The van der Waals surface area contributed by atoms with Crippen LogP contribution >= 0.6 is 0 Å². The van der Waals surface area contributed by atoms with E-state index >= 15 is 0 Å². The molecule has 0 atom stereocenters. The first-order valence-electron chi connectivity index (χ1n) is 7.61. The summed E-state index contributed by atoms with van der Waals surface area (Å²) in [5.74, 6) is 0.590. The van der Waals surface area contributed by atoms with Crippen molar-refractivity contribution < 1.29 is 9.53 Å². The number of amides is 1. The van der Waals surface area contributed by atoms with Crippen LogP contribution < -0.4 is 15.8 Å². The molecule has 3 aromatic rings. The van der Waals surface area contributed by atoms with Crippen molar-refractivity contribution >= 4 is 28.7 Å². The van der Waals surface area contributed by atoms with E-state index < -0.39 is 0 Å². The number of rotatable bonds is 5. The van der Waals surface area contributed by atoms with Gasteiger partial charge in [0.2, 0.25) is 11.8 Å². The quantitative estimate of drug-likeness (QED) is 0.748. The second-order valence-electron chi connectivity index (χ2n) is 5.12. The van der Waals surface area contributed by atoms with Gasteiger partial charge in [0, 0.05) is 5.56 Å². The van der Waals surface area contributed by atoms with Crippen LogP contribution in [0.25, 0.3) is 11.0 Å². The van der Waals surface area contributed by atoms with Crippen molar-refractivity contribution in [2.45, 2.75) is 13.3 Å². The minimum Gasteiger partial charge on any atom is -0.476 e. The number of nitrogens with zero attached hydrogens (tertiary/aromatic N) is 3. The van der Waals surface area contributed by atoms with Gasteiger partial charge in [0.25, 0.3) is 5.91 Å². The molecule has 0 unspecified atom stereocenters. The Hall–Kier alpha value is -3.22. The van der Waals surface area contributed by atoms with E-state index in [0.717, 1.165) is 6.42 Å². The number of hydrogen-bond donors (Lipinski definition) is 2. The smallest absolute Gasteiger partial charge is 0.256 e. The molecule has 3 N–H and O–H groups in total. The minimum absolute atomic E-state index is 0.122. The van der Waals surface area contributed by atoms with Gasteiger partial charge < -0.3 is 15.8 Å². The number of fused-ring (bicyclic) bond motifs is 1. The van der Waals surface area contributed by atoms with Crippen molar-refractivity contribution in [3.8, 4) is 5.88 Å². The third-order valence-electron chi connectivity index (χ3n) is 3.25. The van der Waals surface area contributed by atoms with E-state index in [1.54, 1.807) is 36.4 Å². The molecule has 7 heteroatoms. The number of anilines is 2. The van der Waals surface area contributed by atoms with Crippen LogP contribution in [0.15, 0.2) is 42.5 Å². The zero-order chi connectivity index (χ0) is 16.9. The third kappa shape index (κ3) is 3.40. The maximum absolute atomic E-state index is 12.2. The molecule has 2 aromatic heterocycles. The summed E-state index contributed by atoms with van der Waals surface area (Å²) in [5.41, 5.74) is 7.27. The fraction of sp³-hybridized carbons (Fsp3) is 0.176. The van der Waals surface area contributed by atoms with Gasteiger partial charge in [0.05, 0.1) is 12.1 Å². The summed E-state index contributed by atoms with van der Waals surface area (Å²) >= 11 is 0. The Morgan fingerprint density at radius 3 is 2.67 bits per heavy atom. The highest BCUT2D eigenvalue weighted by Gasteiger charge is 2.12. The zero-order valence-corrected chi connectivity index (χ0v) is 13.2. The normalized spacial score (nSPS) is 10.5. The first-order valence-corrected chi connectivity index (χ1v) is 7.61. The van der Waals surface area contributed by atoms with Crippen molar-refractivity contribution in [3.63, 3.8) is 0 Å². The highest BCUT2D eigenvalue weighted by Crippen LogP contribution is 2.23. The van der Waals surface area contributed by atoms with Crippen LogP contribution in [0.1, 0.15) is 23.7 Å². The van der Waals surface area contributed by atoms with E-state index in [9.17, 15) is 4.79 Å². The maximum atomic E-state index is 12.2. The lowest BCUT2D eigenvalue weighted by Crippen LogP contribution is -2.13. The van der Waals surface area contributed by atoms with Crippen molar-refractivity contribution in [3.05, 3.63) is 48.0 Å². The van der Waals surface area contributed by atoms with Gasteiger partial charge >= 0.3 is 0 Å². The summed E-state index contributed by atoms with van der Waals surface area (Å²) in [6, 6.07) is 12.3. The summed E-state index contributed by atoms with van der Waals surface area (Å²) in [6.45, 7) is 2.49. The van der Waals surface area contributed by atoms with Gasteiger partial charge in [-0.25, -0.2) is 9.97 Å². The fourth-order valence-electron chi connectivity index (χ4n) is 2.15. The number of nitrogens with two attached hydrogens (primary N) is 1. The number of pyridine rings is 1. The lowest BCUT2D eigenvalue weighted by atomic mass is 10.2. The average molecular weight is 323 g/mol. The number of hydrogen-bond acceptors (Lipinski definition) is 6. The molecule has 1 aromatic carbocycles. The number of ether oxygens (including phenoxy) is 1. The van der Waals surface area contributed by atoms with E-state index in [2.05, 4.69) is 20.3 Å². The predicted octanol–water partition coefficient (Wildman–Crippen LogP) is 2.65. The van der Waals surface area contributed by atoms with Crippen LogP contribution in [-0.2, 0) is 0 Å². The van der Waals surface area contributed by atoms with E-state index in [1.165, 1.54) is 0 Å². The molecule has 0 saturated heterocycles. The van der Waals surface area contributed by atoms with Gasteiger partial charge in [-0.15, -0.1) is 0 Å². The van der Waals surface area contributed by atoms with Crippen LogP contribution in [0.3, 0.4) is 0 Å². The zero-order valence-electron chi connectivity index (χ0n) is 13.2. The molecule has 24 heavy (non-hydrogen) atoms. The molecule has 0 fully saturated rings. The topological polar surface area (TPSA) is 103 Å². The highest BCUT2D eigenvalue weighted by atomic mass is 16.5. The van der Waals surface area contributed by atoms with E-state index in [1.807, 2.05) is 13.0 Å². The summed E-state index contributed by atoms with van der Waals surface area (Å²) in [5, 5.41) is 2.76. The second-order valence-corrected chi connectivity index (χ2v) is 5.12. The molecule has 0 aliphatic carbocycles. The molecule has 0 aliphatic heterocycles. The lowest BCUT2D eigenvalue weighted by Gasteiger charge is -2.09. The van der Waals surface area contributed by atoms with Gasteiger partial charge in [-0.3, -0.25) is 4.79 Å². The Kier molecular flexibility index (Phi) is 4.51. The number of benzene rings is 1. The summed E-state index contributed by atoms with van der Waals surface area (Å²) in [6.07, 6.45) is 0.829. The molecule has 1 amide bonds. The van der Waals surface area contributed by atoms with E-state index in [-0.39, 0.29) is 11.9 Å². The van der Waals surface area contributed by atoms with Crippen LogP contribution in [0, 0.1) is 0 Å². The first-order chi connectivity index (χ1) is 11.7. The Morgan fingerprint density at radius 2 is 1.92 bits per heavy atom. The second kappa shape index (κ2) is 6.91. The van der Waals surface area contributed by atoms with Crippen molar-refractivity contribution in [1.82, 2.24) is 15.0 Å². The fourth-order valence-corrected chi connectivity index (χ4v) is 2.15. The summed E-state index contributed by atoms with van der Waals surface area (Å²) < 4.78 is 5.59. The molecule has 7 nitrogen and oxygen atoms in total. The number of carbonyl (C=O) groups excluding carboxylic acids is 1. The monoisotopic (exact) mass is 323 g/mol. The Bertz CT molecular complexity index is 867. The minimum atomic E-state index is -0.241. The van der Waals surface area contributed by atoms with Crippen molar-refractivity contribution in [2.75, 3.05) is 17.7 Å². The van der Waals surface area contributed by atoms with Crippen LogP contribution in [0.5, 0.6) is 5.88 Å². The first kappa shape index (κ1) is 15.7. The molecule has 0 aliphatic rings. The molecule has 0 spiro atoms. The van der Waals surface area contributed by atoms with Crippen LogP contribution in [-0.4, -0.2) is 27.5 Å². The summed E-state index contributed by atoms with van der Waals surface area (Å²) in [7, 11) is 0. The molecule has 3 rings (SSSR count). The molecule has 0 bridgehead atoms. The standard InChI is InChI=1S/C17H17N5O2/c1-2-10-24-16-14-12(19-17(18)22-16)8-9-13(20-14)21-15(23)11-6-4-3-5-7-11/h3-9H,2,10H2,1H3,(H2,18,19,22)(H,20,21,23). The predicted molar refractivity (Wildman–Crippen MR) is 91.9 cm³/mol. The van der Waals surface area contributed by atoms with Crippen molar-refractivity contribution in [1.29, 1.82) is 0 Å². The van der Waals surface area contributed by atoms with Gasteiger partial charge in [0.15, 0.2) is 5.52 Å². The Labute approximate surface area is 138 Å². The molecular formula is C17H17N5O2. The molecular weight excluding hydrogens is 306 g/mol. The van der Waals surface area contributed by atoms with Gasteiger partial charge in [-0.2, -0.15) is 4.98 Å². The summed E-state index contributed by atoms with van der Waals surface area (Å²) in [4.78, 5) is 24.8. The SMILES string of the molecule is CCCOc1nc(N)nc2ccc(NC(=O)c3ccccc3)nc12. The number of nitrogens with one attached hydrogen (secondary N) is 1. The largest absolute Gasteiger partial charge is 0.476 e. The molecule has 0 radical (unpaired) electrons. The lowest BCUT2D eigenvalue weighted by molar-refractivity contribution is 0.102. The van der Waals surface area contributed by atoms with Crippen LogP contribution in [0.2, 0.25) is 0 Å².